The minimum atomic E-state index is -0.730. The molecule has 0 aromatic carbocycles. The fourth-order valence-electron chi connectivity index (χ4n) is 0.189. The molecule has 1 N–H and O–H groups in total. The number of aliphatic carboxylic acids is 1. The van der Waals surface area contributed by atoms with Gasteiger partial charge in [0.1, 0.15) is 0 Å². The normalized spacial score (nSPS) is 7.62. The summed E-state index contributed by atoms with van der Waals surface area (Å²) in [5.74, 6) is 0.384. The maximum Gasteiger partial charge on any atom is 2.00 e. The fourth-order valence-corrected chi connectivity index (χ4v) is 0.568. The summed E-state index contributed by atoms with van der Waals surface area (Å²) in [6.07, 6.45) is 0. The van der Waals surface area contributed by atoms with Crippen molar-refractivity contribution in [3.05, 3.63) is 0 Å². The van der Waals surface area contributed by atoms with Crippen LogP contribution in [0.1, 0.15) is 9.78 Å². The molecule has 0 rings (SSSR count). The maximum absolute atomic E-state index is 9.74. The van der Waals surface area contributed by atoms with Crippen LogP contribution < -0.4 is 0 Å². The van der Waals surface area contributed by atoms with Crippen molar-refractivity contribution in [3.63, 3.8) is 0 Å². The van der Waals surface area contributed by atoms with Crippen LogP contribution in [0.5, 0.6) is 0 Å². The third-order valence-electron chi connectivity index (χ3n) is 0.430. The van der Waals surface area contributed by atoms with E-state index in [0.29, 0.717) is 0 Å². The SMILES string of the molecule is CCSCC(=O)O.[Ca+2].[H-].[H-]. The first-order valence-corrected chi connectivity index (χ1v) is 3.22. The quantitative estimate of drug-likeness (QED) is 0.620. The van der Waals surface area contributed by atoms with E-state index in [4.69, 9.17) is 5.11 Å². The summed E-state index contributed by atoms with van der Waals surface area (Å²) in [7, 11) is 0. The molecule has 0 aliphatic carbocycles. The summed E-state index contributed by atoms with van der Waals surface area (Å²) in [6.45, 7) is 1.94. The minimum Gasteiger partial charge on any atom is -1.00 e. The molecule has 0 heterocycles. The topological polar surface area (TPSA) is 37.3 Å². The first-order valence-electron chi connectivity index (χ1n) is 2.07. The second-order valence-corrected chi connectivity index (χ2v) is 2.31. The predicted molar refractivity (Wildman–Crippen MR) is 38.6 cm³/mol. The molecular formula is C4H10CaO2S. The number of carbonyl (C=O) groups is 1. The van der Waals surface area contributed by atoms with Gasteiger partial charge in [0.2, 0.25) is 0 Å². The summed E-state index contributed by atoms with van der Waals surface area (Å²) < 4.78 is 0. The van der Waals surface area contributed by atoms with Crippen LogP contribution >= 0.6 is 11.8 Å². The molecule has 0 unspecified atom stereocenters. The van der Waals surface area contributed by atoms with Gasteiger partial charge in [0, 0.05) is 0 Å². The van der Waals surface area contributed by atoms with Crippen LogP contribution in [0.4, 0.5) is 0 Å². The van der Waals surface area contributed by atoms with E-state index in [-0.39, 0.29) is 46.3 Å². The van der Waals surface area contributed by atoms with Crippen molar-refractivity contribution < 1.29 is 12.8 Å². The smallest absolute Gasteiger partial charge is 1.00 e. The molecule has 0 aromatic rings. The first kappa shape index (κ1) is 11.8. The van der Waals surface area contributed by atoms with Crippen molar-refractivity contribution in [2.45, 2.75) is 6.92 Å². The van der Waals surface area contributed by atoms with Gasteiger partial charge < -0.3 is 7.96 Å². The monoisotopic (exact) mass is 162 g/mol. The number of carboxylic acids is 1. The Kier molecular flexibility index (Phi) is 11.9. The van der Waals surface area contributed by atoms with Crippen molar-refractivity contribution >= 4 is 55.5 Å². The molecule has 8 heavy (non-hydrogen) atoms. The van der Waals surface area contributed by atoms with E-state index in [1.165, 1.54) is 11.8 Å². The van der Waals surface area contributed by atoms with Crippen molar-refractivity contribution in [1.82, 2.24) is 0 Å². The van der Waals surface area contributed by atoms with Gasteiger partial charge in [-0.1, -0.05) is 6.92 Å². The van der Waals surface area contributed by atoms with Gasteiger partial charge >= 0.3 is 43.7 Å². The molecule has 0 aliphatic rings. The average Bonchev–Trinajstić information content (AvgIpc) is 1.61. The molecule has 0 spiro atoms. The molecule has 2 nitrogen and oxygen atoms in total. The Morgan fingerprint density at radius 3 is 2.50 bits per heavy atom. The van der Waals surface area contributed by atoms with Crippen LogP contribution in [0.3, 0.4) is 0 Å². The van der Waals surface area contributed by atoms with Gasteiger partial charge in [-0.25, -0.2) is 0 Å². The Morgan fingerprint density at radius 2 is 2.38 bits per heavy atom. The molecule has 4 heteroatoms. The third kappa shape index (κ3) is 10.1. The fraction of sp³-hybridized carbons (Fsp3) is 0.750. The summed E-state index contributed by atoms with van der Waals surface area (Å²) in [4.78, 5) is 9.74. The maximum atomic E-state index is 9.74. The standard InChI is InChI=1S/C4H8O2S.Ca.2H/c1-2-7-3-4(5)6;;;/h2-3H2,1H3,(H,5,6);;;/q;+2;2*-1. The van der Waals surface area contributed by atoms with Crippen LogP contribution in [0.2, 0.25) is 0 Å². The number of carboxylic acid groups (broad SMARTS) is 1. The third-order valence-corrected chi connectivity index (χ3v) is 1.29. The first-order chi connectivity index (χ1) is 3.27. The largest absolute Gasteiger partial charge is 2.00 e. The molecule has 0 bridgehead atoms. The molecule has 0 amide bonds. The van der Waals surface area contributed by atoms with Gasteiger partial charge in [0.05, 0.1) is 5.75 Å². The molecule has 0 radical (unpaired) electrons. The van der Waals surface area contributed by atoms with Crippen molar-refractivity contribution in [3.8, 4) is 0 Å². The van der Waals surface area contributed by atoms with Crippen molar-refractivity contribution in [2.24, 2.45) is 0 Å². The zero-order valence-electron chi connectivity index (χ0n) is 6.89. The number of thioether (sulfide) groups is 1. The van der Waals surface area contributed by atoms with Crippen molar-refractivity contribution in [2.75, 3.05) is 11.5 Å². The molecular weight excluding hydrogens is 152 g/mol. The Morgan fingerprint density at radius 1 is 1.88 bits per heavy atom. The Bertz CT molecular complexity index is 74.3. The Hall–Kier alpha value is 1.08. The van der Waals surface area contributed by atoms with Gasteiger partial charge in [0.15, 0.2) is 0 Å². The Balaban J connectivity index is -0.0000000600. The average molecular weight is 162 g/mol. The second-order valence-electron chi connectivity index (χ2n) is 1.03. The molecule has 0 atom stereocenters. The summed E-state index contributed by atoms with van der Waals surface area (Å²) in [6, 6.07) is 0. The van der Waals surface area contributed by atoms with E-state index in [0.717, 1.165) is 5.75 Å². The van der Waals surface area contributed by atoms with Crippen LogP contribution in [0.15, 0.2) is 0 Å². The van der Waals surface area contributed by atoms with E-state index in [2.05, 4.69) is 0 Å². The molecule has 0 saturated heterocycles. The van der Waals surface area contributed by atoms with E-state index >= 15 is 0 Å². The molecule has 46 valence electrons. The van der Waals surface area contributed by atoms with Gasteiger partial charge in [-0.15, -0.1) is 0 Å². The Labute approximate surface area is 86.0 Å². The summed E-state index contributed by atoms with van der Waals surface area (Å²) in [5.41, 5.74) is 0. The van der Waals surface area contributed by atoms with Crippen molar-refractivity contribution in [1.29, 1.82) is 0 Å². The summed E-state index contributed by atoms with van der Waals surface area (Å²) >= 11 is 1.42. The number of hydrogen-bond acceptors (Lipinski definition) is 2. The summed E-state index contributed by atoms with van der Waals surface area (Å²) in [5, 5.41) is 8.02. The van der Waals surface area contributed by atoms with Gasteiger partial charge in [0.25, 0.3) is 0 Å². The van der Waals surface area contributed by atoms with Gasteiger partial charge in [-0.2, -0.15) is 11.8 Å². The molecule has 0 saturated carbocycles. The van der Waals surface area contributed by atoms with Crippen LogP contribution in [0, 0.1) is 0 Å². The van der Waals surface area contributed by atoms with E-state index in [9.17, 15) is 4.79 Å². The van der Waals surface area contributed by atoms with E-state index < -0.39 is 5.97 Å². The minimum absolute atomic E-state index is 0. The number of hydrogen-bond donors (Lipinski definition) is 1. The predicted octanol–water partition coefficient (Wildman–Crippen LogP) is 0.668. The van der Waals surface area contributed by atoms with Crippen LogP contribution in [-0.2, 0) is 4.79 Å². The zero-order valence-corrected chi connectivity index (χ0v) is 7.91. The van der Waals surface area contributed by atoms with Gasteiger partial charge in [-0.05, 0) is 5.75 Å². The van der Waals surface area contributed by atoms with Crippen LogP contribution in [0.25, 0.3) is 0 Å². The second kappa shape index (κ2) is 8.08. The van der Waals surface area contributed by atoms with E-state index in [1.54, 1.807) is 0 Å². The molecule has 0 fully saturated rings. The van der Waals surface area contributed by atoms with Crippen LogP contribution in [-0.4, -0.2) is 60.3 Å². The molecule has 0 aliphatic heterocycles. The number of rotatable bonds is 3. The molecule has 0 aromatic heterocycles. The zero-order chi connectivity index (χ0) is 5.70. The van der Waals surface area contributed by atoms with Gasteiger partial charge in [-0.3, -0.25) is 4.79 Å². The van der Waals surface area contributed by atoms with E-state index in [1.807, 2.05) is 6.92 Å².